The number of amides is 2. The van der Waals surface area contributed by atoms with Gasteiger partial charge in [0, 0.05) is 30.3 Å². The van der Waals surface area contributed by atoms with E-state index in [0.29, 0.717) is 18.5 Å². The van der Waals surface area contributed by atoms with Crippen LogP contribution in [0.3, 0.4) is 0 Å². The number of hydrogen-bond acceptors (Lipinski definition) is 2. The fourth-order valence-electron chi connectivity index (χ4n) is 4.72. The van der Waals surface area contributed by atoms with Crippen molar-refractivity contribution in [2.45, 2.75) is 64.5 Å². The molecule has 2 aromatic rings. The van der Waals surface area contributed by atoms with Crippen LogP contribution < -0.4 is 10.2 Å². The minimum atomic E-state index is 0.0367. The minimum Gasteiger partial charge on any atom is -0.352 e. The predicted octanol–water partition coefficient (Wildman–Crippen LogP) is 4.86. The van der Waals surface area contributed by atoms with Crippen molar-refractivity contribution in [3.63, 3.8) is 0 Å². The molecule has 0 spiro atoms. The number of carbonyl (C=O) groups is 2. The lowest BCUT2D eigenvalue weighted by Gasteiger charge is -2.23. The molecule has 152 valence electrons. The molecule has 2 aromatic carbocycles. The molecule has 0 aromatic heterocycles. The van der Waals surface area contributed by atoms with Crippen molar-refractivity contribution >= 4 is 17.5 Å². The lowest BCUT2D eigenvalue weighted by Crippen LogP contribution is -2.35. The molecular weight excluding hydrogens is 360 g/mol. The van der Waals surface area contributed by atoms with Gasteiger partial charge in [-0.3, -0.25) is 9.59 Å². The highest BCUT2D eigenvalue weighted by molar-refractivity contribution is 6.07. The maximum absolute atomic E-state index is 13.1. The highest BCUT2D eigenvalue weighted by Gasteiger charge is 2.31. The van der Waals surface area contributed by atoms with Gasteiger partial charge in [0.05, 0.1) is 0 Å². The van der Waals surface area contributed by atoms with Crippen molar-refractivity contribution < 1.29 is 9.59 Å². The average molecular weight is 391 g/mol. The summed E-state index contributed by atoms with van der Waals surface area (Å²) in [6.45, 7) is 2.60. The van der Waals surface area contributed by atoms with Crippen LogP contribution >= 0.6 is 0 Å². The third-order valence-corrected chi connectivity index (χ3v) is 6.35. The van der Waals surface area contributed by atoms with E-state index in [9.17, 15) is 9.59 Å². The van der Waals surface area contributed by atoms with Gasteiger partial charge < -0.3 is 10.2 Å². The molecule has 2 amide bonds. The van der Waals surface area contributed by atoms with Crippen molar-refractivity contribution in [2.75, 3.05) is 4.90 Å². The van der Waals surface area contributed by atoms with Crippen LogP contribution in [0.4, 0.5) is 5.69 Å². The third kappa shape index (κ3) is 4.52. The van der Waals surface area contributed by atoms with Crippen LogP contribution in [-0.2, 0) is 17.8 Å². The fraction of sp³-hybridized carbons (Fsp3) is 0.440. The molecule has 1 aliphatic carbocycles. The Morgan fingerprint density at radius 3 is 2.59 bits per heavy atom. The summed E-state index contributed by atoms with van der Waals surface area (Å²) in [4.78, 5) is 27.2. The molecule has 1 atom stereocenters. The molecule has 2 aliphatic rings. The number of nitrogens with zero attached hydrogens (tertiary/aromatic N) is 1. The van der Waals surface area contributed by atoms with Crippen molar-refractivity contribution in [1.82, 2.24) is 5.32 Å². The first-order valence-electron chi connectivity index (χ1n) is 10.9. The standard InChI is InChI=1S/C25H30N2O2/c1-18-15-22-13-11-20(17-26-24(28)14-12-19-7-5-6-8-19)16-23(22)27(18)25(29)21-9-3-2-4-10-21/h2-4,9-11,13,16,18-19H,5-8,12,14-15,17H2,1H3,(H,26,28)/t18-/m1/s1. The predicted molar refractivity (Wildman–Crippen MR) is 116 cm³/mol. The second kappa shape index (κ2) is 8.81. The molecular formula is C25H30N2O2. The molecule has 1 fully saturated rings. The van der Waals surface area contributed by atoms with Gasteiger partial charge in [0.25, 0.3) is 5.91 Å². The summed E-state index contributed by atoms with van der Waals surface area (Å²) in [7, 11) is 0. The molecule has 1 aliphatic heterocycles. The van der Waals surface area contributed by atoms with E-state index in [2.05, 4.69) is 30.4 Å². The first-order chi connectivity index (χ1) is 14.1. The summed E-state index contributed by atoms with van der Waals surface area (Å²) in [5.74, 6) is 0.900. The second-order valence-electron chi connectivity index (χ2n) is 8.52. The maximum atomic E-state index is 13.1. The smallest absolute Gasteiger partial charge is 0.258 e. The molecule has 1 N–H and O–H groups in total. The number of benzene rings is 2. The van der Waals surface area contributed by atoms with E-state index in [1.54, 1.807) is 0 Å². The van der Waals surface area contributed by atoms with Crippen LogP contribution in [-0.4, -0.2) is 17.9 Å². The zero-order valence-corrected chi connectivity index (χ0v) is 17.2. The van der Waals surface area contributed by atoms with Crippen LogP contribution in [0.25, 0.3) is 0 Å². The Labute approximate surface area is 173 Å². The molecule has 4 rings (SSSR count). The van der Waals surface area contributed by atoms with E-state index >= 15 is 0 Å². The summed E-state index contributed by atoms with van der Waals surface area (Å²) >= 11 is 0. The van der Waals surface area contributed by atoms with E-state index in [4.69, 9.17) is 0 Å². The fourth-order valence-corrected chi connectivity index (χ4v) is 4.72. The van der Waals surface area contributed by atoms with Crippen LogP contribution in [0.1, 0.15) is 66.9 Å². The van der Waals surface area contributed by atoms with Crippen LogP contribution in [0.2, 0.25) is 0 Å². The third-order valence-electron chi connectivity index (χ3n) is 6.35. The van der Waals surface area contributed by atoms with Crippen LogP contribution in [0.5, 0.6) is 0 Å². The normalized spacial score (nSPS) is 18.7. The molecule has 1 heterocycles. The number of nitrogens with one attached hydrogen (secondary N) is 1. The Morgan fingerprint density at radius 1 is 1.07 bits per heavy atom. The van der Waals surface area contributed by atoms with Gasteiger partial charge in [-0.1, -0.05) is 56.0 Å². The van der Waals surface area contributed by atoms with Gasteiger partial charge in [0.15, 0.2) is 0 Å². The Hall–Kier alpha value is -2.62. The van der Waals surface area contributed by atoms with Crippen LogP contribution in [0, 0.1) is 5.92 Å². The molecule has 4 nitrogen and oxygen atoms in total. The second-order valence-corrected chi connectivity index (χ2v) is 8.52. The summed E-state index contributed by atoms with van der Waals surface area (Å²) in [6, 6.07) is 15.8. The summed E-state index contributed by atoms with van der Waals surface area (Å²) in [5, 5.41) is 3.06. The van der Waals surface area contributed by atoms with E-state index in [1.807, 2.05) is 35.2 Å². The number of fused-ring (bicyclic) bond motifs is 1. The molecule has 4 heteroatoms. The lowest BCUT2D eigenvalue weighted by atomic mass is 10.0. The quantitative estimate of drug-likeness (QED) is 0.765. The van der Waals surface area contributed by atoms with Gasteiger partial charge in [0.2, 0.25) is 5.91 Å². The molecule has 1 saturated carbocycles. The zero-order valence-electron chi connectivity index (χ0n) is 17.2. The minimum absolute atomic E-state index is 0.0367. The average Bonchev–Trinajstić information content (AvgIpc) is 3.37. The van der Waals surface area contributed by atoms with Gasteiger partial charge in [-0.25, -0.2) is 0 Å². The monoisotopic (exact) mass is 390 g/mol. The number of anilines is 1. The topological polar surface area (TPSA) is 49.4 Å². The summed E-state index contributed by atoms with van der Waals surface area (Å²) in [6.07, 6.45) is 7.68. The van der Waals surface area contributed by atoms with Crippen LogP contribution in [0.15, 0.2) is 48.5 Å². The van der Waals surface area contributed by atoms with Crippen molar-refractivity contribution in [3.05, 3.63) is 65.2 Å². The molecule has 29 heavy (non-hydrogen) atoms. The van der Waals surface area contributed by atoms with Gasteiger partial charge in [-0.05, 0) is 55.0 Å². The Balaban J connectivity index is 1.40. The van der Waals surface area contributed by atoms with Gasteiger partial charge in [-0.2, -0.15) is 0 Å². The molecule has 0 radical (unpaired) electrons. The molecule has 0 bridgehead atoms. The van der Waals surface area contributed by atoms with Crippen molar-refractivity contribution in [2.24, 2.45) is 5.92 Å². The lowest BCUT2D eigenvalue weighted by molar-refractivity contribution is -0.121. The first kappa shape index (κ1) is 19.7. The van der Waals surface area contributed by atoms with Crippen molar-refractivity contribution in [3.8, 4) is 0 Å². The van der Waals surface area contributed by atoms with Crippen molar-refractivity contribution in [1.29, 1.82) is 0 Å². The Kier molecular flexibility index (Phi) is 5.98. The Bertz CT molecular complexity index is 872. The van der Waals surface area contributed by atoms with Gasteiger partial charge >= 0.3 is 0 Å². The van der Waals surface area contributed by atoms with E-state index in [-0.39, 0.29) is 17.9 Å². The highest BCUT2D eigenvalue weighted by atomic mass is 16.2. The number of rotatable bonds is 6. The first-order valence-corrected chi connectivity index (χ1v) is 10.9. The van der Waals surface area contributed by atoms with Gasteiger partial charge in [-0.15, -0.1) is 0 Å². The largest absolute Gasteiger partial charge is 0.352 e. The summed E-state index contributed by atoms with van der Waals surface area (Å²) < 4.78 is 0. The van der Waals surface area contributed by atoms with E-state index in [1.165, 1.54) is 31.2 Å². The zero-order chi connectivity index (χ0) is 20.2. The highest BCUT2D eigenvalue weighted by Crippen LogP contribution is 2.34. The van der Waals surface area contributed by atoms with E-state index in [0.717, 1.165) is 30.0 Å². The summed E-state index contributed by atoms with van der Waals surface area (Å²) in [5.41, 5.74) is 3.91. The van der Waals surface area contributed by atoms with E-state index < -0.39 is 0 Å². The number of hydrogen-bond donors (Lipinski definition) is 1. The molecule has 0 saturated heterocycles. The SMILES string of the molecule is C[C@@H]1Cc2ccc(CNC(=O)CCC3CCCC3)cc2N1C(=O)c1ccccc1. The maximum Gasteiger partial charge on any atom is 0.258 e. The Morgan fingerprint density at radius 2 is 1.83 bits per heavy atom. The van der Waals surface area contributed by atoms with Gasteiger partial charge in [0.1, 0.15) is 0 Å². The number of carbonyl (C=O) groups excluding carboxylic acids is 2. The molecule has 0 unspecified atom stereocenters.